The Balaban J connectivity index is 1.98. The number of halogens is 3. The highest BCUT2D eigenvalue weighted by atomic mass is 19.4. The van der Waals surface area contributed by atoms with Crippen molar-refractivity contribution in [3.05, 3.63) is 23.8 Å². The van der Waals surface area contributed by atoms with Crippen molar-refractivity contribution >= 4 is 17.3 Å². The van der Waals surface area contributed by atoms with Crippen LogP contribution in [0.5, 0.6) is 0 Å². The molecule has 8 heteroatoms. The van der Waals surface area contributed by atoms with Gasteiger partial charge in [-0.15, -0.1) is 0 Å². The van der Waals surface area contributed by atoms with Crippen molar-refractivity contribution in [1.82, 2.24) is 4.90 Å². The van der Waals surface area contributed by atoms with Gasteiger partial charge in [-0.1, -0.05) is 0 Å². The molecule has 1 saturated heterocycles. The maximum atomic E-state index is 12.5. The highest BCUT2D eigenvalue weighted by Crippen LogP contribution is 2.32. The lowest BCUT2D eigenvalue weighted by atomic mass is 10.1. The molecule has 5 nitrogen and oxygen atoms in total. The number of β-amino-alcohol motifs (C(OH)–C–C–N with tert-alkyl or cyclic N) is 1. The average molecular weight is 303 g/mol. The summed E-state index contributed by atoms with van der Waals surface area (Å²) in [6.45, 7) is 1.09. The summed E-state index contributed by atoms with van der Waals surface area (Å²) in [4.78, 5) is 13.6. The summed E-state index contributed by atoms with van der Waals surface area (Å²) < 4.78 is 37.5. The Hall–Kier alpha value is -1.80. The standard InChI is InChI=1S/C13H16F3N3O2/c14-13(15,16)8-1-2-11(10(17)5-8)18-12(21)7-19-4-3-9(20)6-19/h1-2,5,9,20H,3-4,6-7,17H2,(H,18,21). The molecule has 116 valence electrons. The van der Waals surface area contributed by atoms with E-state index in [0.29, 0.717) is 19.5 Å². The van der Waals surface area contributed by atoms with Crippen molar-refractivity contribution in [3.8, 4) is 0 Å². The number of aliphatic hydroxyl groups excluding tert-OH is 1. The molecular weight excluding hydrogens is 287 g/mol. The zero-order valence-electron chi connectivity index (χ0n) is 11.2. The molecule has 0 aromatic heterocycles. The number of nitrogens with two attached hydrogens (primary N) is 1. The molecule has 1 fully saturated rings. The second-order valence-corrected chi connectivity index (χ2v) is 5.03. The Morgan fingerprint density at radius 2 is 2.19 bits per heavy atom. The van der Waals surface area contributed by atoms with Gasteiger partial charge in [-0.3, -0.25) is 9.69 Å². The summed E-state index contributed by atoms with van der Waals surface area (Å²) >= 11 is 0. The van der Waals surface area contributed by atoms with E-state index in [1.807, 2.05) is 0 Å². The van der Waals surface area contributed by atoms with Gasteiger partial charge in [0.05, 0.1) is 29.6 Å². The number of rotatable bonds is 3. The number of anilines is 2. The Kier molecular flexibility index (Phi) is 4.38. The normalized spacial score (nSPS) is 19.7. The van der Waals surface area contributed by atoms with Crippen LogP contribution in [0.4, 0.5) is 24.5 Å². The number of hydrogen-bond acceptors (Lipinski definition) is 4. The van der Waals surface area contributed by atoms with Gasteiger partial charge in [-0.25, -0.2) is 0 Å². The Morgan fingerprint density at radius 1 is 1.48 bits per heavy atom. The molecule has 1 aliphatic heterocycles. The Labute approximate surface area is 119 Å². The lowest BCUT2D eigenvalue weighted by Crippen LogP contribution is -2.32. The van der Waals surface area contributed by atoms with E-state index in [0.717, 1.165) is 18.2 Å². The van der Waals surface area contributed by atoms with Crippen molar-refractivity contribution in [2.75, 3.05) is 30.7 Å². The number of aliphatic hydroxyl groups is 1. The number of hydrogen-bond donors (Lipinski definition) is 3. The zero-order valence-corrected chi connectivity index (χ0v) is 11.2. The summed E-state index contributed by atoms with van der Waals surface area (Å²) in [6.07, 6.45) is -4.30. The van der Waals surface area contributed by atoms with Gasteiger partial charge in [0, 0.05) is 13.1 Å². The molecule has 2 rings (SSSR count). The van der Waals surface area contributed by atoms with Crippen LogP contribution in [-0.2, 0) is 11.0 Å². The molecule has 1 aromatic carbocycles. The van der Waals surface area contributed by atoms with Crippen LogP contribution in [0.25, 0.3) is 0 Å². The fraction of sp³-hybridized carbons (Fsp3) is 0.462. The van der Waals surface area contributed by atoms with E-state index >= 15 is 0 Å². The number of likely N-dealkylation sites (tertiary alicyclic amines) is 1. The number of benzene rings is 1. The topological polar surface area (TPSA) is 78.6 Å². The molecule has 0 spiro atoms. The van der Waals surface area contributed by atoms with Crippen molar-refractivity contribution in [2.45, 2.75) is 18.7 Å². The van der Waals surface area contributed by atoms with E-state index in [4.69, 9.17) is 5.73 Å². The summed E-state index contributed by atoms with van der Waals surface area (Å²) in [5.74, 6) is -0.379. The highest BCUT2D eigenvalue weighted by Gasteiger charge is 2.31. The number of carbonyl (C=O) groups is 1. The smallest absolute Gasteiger partial charge is 0.397 e. The van der Waals surface area contributed by atoms with Gasteiger partial charge < -0.3 is 16.2 Å². The Bertz CT molecular complexity index is 534. The first-order valence-corrected chi connectivity index (χ1v) is 6.42. The van der Waals surface area contributed by atoms with Gasteiger partial charge in [0.1, 0.15) is 0 Å². The predicted molar refractivity (Wildman–Crippen MR) is 71.5 cm³/mol. The molecule has 4 N–H and O–H groups in total. The van der Waals surface area contributed by atoms with Gasteiger partial charge in [-0.2, -0.15) is 13.2 Å². The van der Waals surface area contributed by atoms with E-state index in [2.05, 4.69) is 5.32 Å². The van der Waals surface area contributed by atoms with Crippen LogP contribution < -0.4 is 11.1 Å². The summed E-state index contributed by atoms with van der Waals surface area (Å²) in [5.41, 5.74) is 4.67. The first kappa shape index (κ1) is 15.6. The molecule has 1 heterocycles. The van der Waals surface area contributed by atoms with Crippen LogP contribution in [0.15, 0.2) is 18.2 Å². The summed E-state index contributed by atoms with van der Waals surface area (Å²) in [7, 11) is 0. The van der Waals surface area contributed by atoms with Crippen molar-refractivity contribution in [2.24, 2.45) is 0 Å². The van der Waals surface area contributed by atoms with E-state index in [1.54, 1.807) is 4.90 Å². The maximum absolute atomic E-state index is 12.5. The van der Waals surface area contributed by atoms with Gasteiger partial charge in [0.15, 0.2) is 0 Å². The minimum atomic E-state index is -4.47. The molecule has 0 saturated carbocycles. The largest absolute Gasteiger partial charge is 0.416 e. The summed E-state index contributed by atoms with van der Waals surface area (Å²) in [6, 6.07) is 2.79. The van der Waals surface area contributed by atoms with Gasteiger partial charge >= 0.3 is 6.18 Å². The van der Waals surface area contributed by atoms with E-state index in [-0.39, 0.29) is 23.8 Å². The fourth-order valence-electron chi connectivity index (χ4n) is 2.20. The number of alkyl halides is 3. The van der Waals surface area contributed by atoms with Gasteiger partial charge in [0.2, 0.25) is 5.91 Å². The first-order chi connectivity index (χ1) is 9.75. The van der Waals surface area contributed by atoms with Crippen LogP contribution in [0, 0.1) is 0 Å². The number of carbonyl (C=O) groups excluding carboxylic acids is 1. The molecule has 1 aromatic rings. The third kappa shape index (κ3) is 4.08. The van der Waals surface area contributed by atoms with Crippen LogP contribution in [0.3, 0.4) is 0 Å². The van der Waals surface area contributed by atoms with Crippen LogP contribution in [-0.4, -0.2) is 41.7 Å². The molecule has 1 unspecified atom stereocenters. The third-order valence-corrected chi connectivity index (χ3v) is 3.27. The fourth-order valence-corrected chi connectivity index (χ4v) is 2.20. The Morgan fingerprint density at radius 3 is 2.71 bits per heavy atom. The van der Waals surface area contributed by atoms with Gasteiger partial charge in [0.25, 0.3) is 0 Å². The molecule has 1 amide bonds. The van der Waals surface area contributed by atoms with Crippen LogP contribution in [0.1, 0.15) is 12.0 Å². The molecule has 21 heavy (non-hydrogen) atoms. The van der Waals surface area contributed by atoms with E-state index < -0.39 is 17.8 Å². The van der Waals surface area contributed by atoms with Crippen molar-refractivity contribution in [1.29, 1.82) is 0 Å². The number of nitrogen functional groups attached to an aromatic ring is 1. The highest BCUT2D eigenvalue weighted by molar-refractivity contribution is 5.95. The van der Waals surface area contributed by atoms with Crippen LogP contribution in [0.2, 0.25) is 0 Å². The zero-order chi connectivity index (χ0) is 15.6. The quantitative estimate of drug-likeness (QED) is 0.735. The second kappa shape index (κ2) is 5.90. The molecule has 0 bridgehead atoms. The summed E-state index contributed by atoms with van der Waals surface area (Å²) in [5, 5.41) is 11.8. The second-order valence-electron chi connectivity index (χ2n) is 5.03. The minimum Gasteiger partial charge on any atom is -0.397 e. The molecule has 1 aliphatic rings. The predicted octanol–water partition coefficient (Wildman–Crippen LogP) is 1.29. The number of nitrogens with zero attached hydrogens (tertiary/aromatic N) is 1. The third-order valence-electron chi connectivity index (χ3n) is 3.27. The maximum Gasteiger partial charge on any atom is 0.416 e. The molecule has 1 atom stereocenters. The van der Waals surface area contributed by atoms with Gasteiger partial charge in [-0.05, 0) is 24.6 Å². The lowest BCUT2D eigenvalue weighted by Gasteiger charge is -2.16. The van der Waals surface area contributed by atoms with Crippen molar-refractivity contribution < 1.29 is 23.1 Å². The van der Waals surface area contributed by atoms with Crippen LogP contribution >= 0.6 is 0 Å². The SMILES string of the molecule is Nc1cc(C(F)(F)F)ccc1NC(=O)CN1CCC(O)C1. The number of amides is 1. The monoisotopic (exact) mass is 303 g/mol. The molecular formula is C13H16F3N3O2. The first-order valence-electron chi connectivity index (χ1n) is 6.42. The average Bonchev–Trinajstić information content (AvgIpc) is 2.76. The lowest BCUT2D eigenvalue weighted by molar-refractivity contribution is -0.137. The number of nitrogens with one attached hydrogen (secondary N) is 1. The van der Waals surface area contributed by atoms with Crippen molar-refractivity contribution in [3.63, 3.8) is 0 Å². The molecule has 0 aliphatic carbocycles. The minimum absolute atomic E-state index is 0.0670. The molecule has 0 radical (unpaired) electrons. The van der Waals surface area contributed by atoms with E-state index in [1.165, 1.54) is 0 Å². The van der Waals surface area contributed by atoms with E-state index in [9.17, 15) is 23.1 Å².